The summed E-state index contributed by atoms with van der Waals surface area (Å²) in [4.78, 5) is 0. The number of nitrogens with one attached hydrogen (secondary N) is 1. The van der Waals surface area contributed by atoms with Crippen LogP contribution in [-0.2, 0) is 4.74 Å². The van der Waals surface area contributed by atoms with Crippen LogP contribution in [0, 0.1) is 5.92 Å². The Morgan fingerprint density at radius 2 is 1.88 bits per heavy atom. The van der Waals surface area contributed by atoms with Gasteiger partial charge in [0.15, 0.2) is 0 Å². The third-order valence-corrected chi connectivity index (χ3v) is 4.34. The Morgan fingerprint density at radius 1 is 1.12 bits per heavy atom. The molecule has 1 saturated carbocycles. The minimum absolute atomic E-state index is 0.473. The highest BCUT2D eigenvalue weighted by molar-refractivity contribution is 4.79. The van der Waals surface area contributed by atoms with Gasteiger partial charge < -0.3 is 10.1 Å². The predicted octanol–water partition coefficient (Wildman–Crippen LogP) is 3.11. The largest absolute Gasteiger partial charge is 0.374 e. The first-order chi connectivity index (χ1) is 7.75. The lowest BCUT2D eigenvalue weighted by Gasteiger charge is -2.29. The fraction of sp³-hybridized carbons (Fsp3) is 1.00. The van der Waals surface area contributed by atoms with Crippen LogP contribution in [0.5, 0.6) is 0 Å². The van der Waals surface area contributed by atoms with Crippen LogP contribution in [-0.4, -0.2) is 24.8 Å². The van der Waals surface area contributed by atoms with Gasteiger partial charge in [-0.2, -0.15) is 0 Å². The Bertz CT molecular complexity index is 201. The van der Waals surface area contributed by atoms with Crippen LogP contribution >= 0.6 is 0 Å². The summed E-state index contributed by atoms with van der Waals surface area (Å²) in [7, 11) is 0. The summed E-state index contributed by atoms with van der Waals surface area (Å²) in [6.07, 6.45) is 10.6. The van der Waals surface area contributed by atoms with Crippen LogP contribution in [0.1, 0.15) is 58.8 Å². The van der Waals surface area contributed by atoms with E-state index in [0.717, 1.165) is 12.5 Å². The highest BCUT2D eigenvalue weighted by atomic mass is 16.5. The molecule has 0 spiro atoms. The van der Waals surface area contributed by atoms with Gasteiger partial charge in [-0.05, 0) is 45.4 Å². The number of rotatable bonds is 4. The Balaban J connectivity index is 1.64. The minimum Gasteiger partial charge on any atom is -0.374 e. The molecule has 0 radical (unpaired) electrons. The topological polar surface area (TPSA) is 21.3 Å². The van der Waals surface area contributed by atoms with E-state index in [0.29, 0.717) is 18.2 Å². The van der Waals surface area contributed by atoms with E-state index in [2.05, 4.69) is 19.2 Å². The van der Waals surface area contributed by atoms with Gasteiger partial charge in [-0.25, -0.2) is 0 Å². The zero-order valence-electron chi connectivity index (χ0n) is 10.9. The second-order valence-corrected chi connectivity index (χ2v) is 5.74. The van der Waals surface area contributed by atoms with Gasteiger partial charge in [-0.15, -0.1) is 0 Å². The van der Waals surface area contributed by atoms with Crippen molar-refractivity contribution in [1.82, 2.24) is 5.32 Å². The van der Waals surface area contributed by atoms with E-state index < -0.39 is 0 Å². The van der Waals surface area contributed by atoms with E-state index in [1.54, 1.807) is 0 Å². The van der Waals surface area contributed by atoms with Gasteiger partial charge in [-0.1, -0.05) is 19.3 Å². The normalized spacial score (nSPS) is 34.1. The summed E-state index contributed by atoms with van der Waals surface area (Å²) in [6.45, 7) is 5.60. The first-order valence-corrected chi connectivity index (χ1v) is 7.14. The summed E-state index contributed by atoms with van der Waals surface area (Å²) in [5.41, 5.74) is 0. The van der Waals surface area contributed by atoms with E-state index in [9.17, 15) is 0 Å². The van der Waals surface area contributed by atoms with Crippen molar-refractivity contribution < 1.29 is 4.74 Å². The molecule has 94 valence electrons. The Labute approximate surface area is 100 Å². The molecule has 2 aliphatic rings. The van der Waals surface area contributed by atoms with E-state index in [-0.39, 0.29) is 0 Å². The van der Waals surface area contributed by atoms with Crippen molar-refractivity contribution in [3.8, 4) is 0 Å². The standard InChI is InChI=1S/C14H27NO/c1-11-8-9-14(16-11)10-15-12(2)13-6-4-3-5-7-13/h11-15H,3-10H2,1-2H3/t11?,12-,14?/m1/s1. The number of hydrogen-bond acceptors (Lipinski definition) is 2. The zero-order chi connectivity index (χ0) is 11.4. The van der Waals surface area contributed by atoms with Crippen molar-refractivity contribution in [3.63, 3.8) is 0 Å². The first kappa shape index (κ1) is 12.4. The summed E-state index contributed by atoms with van der Waals surface area (Å²) in [6, 6.07) is 0.680. The van der Waals surface area contributed by atoms with Gasteiger partial charge >= 0.3 is 0 Å². The lowest BCUT2D eigenvalue weighted by molar-refractivity contribution is 0.0528. The van der Waals surface area contributed by atoms with Crippen molar-refractivity contribution in [3.05, 3.63) is 0 Å². The Hall–Kier alpha value is -0.0800. The minimum atomic E-state index is 0.473. The van der Waals surface area contributed by atoms with Gasteiger partial charge in [0.05, 0.1) is 12.2 Å². The lowest BCUT2D eigenvalue weighted by Crippen LogP contribution is -2.39. The molecule has 0 aromatic rings. The molecular formula is C14H27NO. The maximum Gasteiger partial charge on any atom is 0.0704 e. The van der Waals surface area contributed by atoms with Gasteiger partial charge in [0.1, 0.15) is 0 Å². The second-order valence-electron chi connectivity index (χ2n) is 5.74. The molecule has 1 aliphatic heterocycles. The van der Waals surface area contributed by atoms with Crippen molar-refractivity contribution in [2.24, 2.45) is 5.92 Å². The molecule has 1 heterocycles. The van der Waals surface area contributed by atoms with Crippen LogP contribution in [0.15, 0.2) is 0 Å². The fourth-order valence-corrected chi connectivity index (χ4v) is 3.15. The maximum absolute atomic E-state index is 5.84. The van der Waals surface area contributed by atoms with Crippen LogP contribution in [0.4, 0.5) is 0 Å². The monoisotopic (exact) mass is 225 g/mol. The number of ether oxygens (including phenoxy) is 1. The van der Waals surface area contributed by atoms with Crippen molar-refractivity contribution >= 4 is 0 Å². The highest BCUT2D eigenvalue weighted by Crippen LogP contribution is 2.26. The molecule has 1 aliphatic carbocycles. The summed E-state index contributed by atoms with van der Waals surface area (Å²) < 4.78 is 5.84. The molecule has 2 rings (SSSR count). The molecule has 3 atom stereocenters. The Kier molecular flexibility index (Phi) is 4.66. The SMILES string of the molecule is CC1CCC(CN[C@H](C)C2CCCCC2)O1. The van der Waals surface area contributed by atoms with Gasteiger partial charge in [-0.3, -0.25) is 0 Å². The van der Waals surface area contributed by atoms with Gasteiger partial charge in [0.25, 0.3) is 0 Å². The van der Waals surface area contributed by atoms with E-state index in [4.69, 9.17) is 4.74 Å². The Morgan fingerprint density at radius 3 is 2.50 bits per heavy atom. The average Bonchev–Trinajstić information content (AvgIpc) is 2.73. The van der Waals surface area contributed by atoms with Crippen LogP contribution in [0.25, 0.3) is 0 Å². The van der Waals surface area contributed by atoms with Crippen LogP contribution < -0.4 is 5.32 Å². The van der Waals surface area contributed by atoms with Crippen molar-refractivity contribution in [2.45, 2.75) is 77.0 Å². The van der Waals surface area contributed by atoms with Crippen molar-refractivity contribution in [2.75, 3.05) is 6.54 Å². The molecule has 2 heteroatoms. The molecule has 2 fully saturated rings. The molecule has 16 heavy (non-hydrogen) atoms. The van der Waals surface area contributed by atoms with Gasteiger partial charge in [0.2, 0.25) is 0 Å². The molecule has 1 N–H and O–H groups in total. The third-order valence-electron chi connectivity index (χ3n) is 4.34. The molecule has 0 aromatic carbocycles. The maximum atomic E-state index is 5.84. The summed E-state index contributed by atoms with van der Waals surface area (Å²) in [5, 5.41) is 3.69. The molecule has 2 nitrogen and oxygen atoms in total. The fourth-order valence-electron chi connectivity index (χ4n) is 3.15. The smallest absolute Gasteiger partial charge is 0.0704 e. The molecule has 0 aromatic heterocycles. The molecule has 0 bridgehead atoms. The predicted molar refractivity (Wildman–Crippen MR) is 67.6 cm³/mol. The van der Waals surface area contributed by atoms with Crippen LogP contribution in [0.2, 0.25) is 0 Å². The second kappa shape index (κ2) is 6.02. The zero-order valence-corrected chi connectivity index (χ0v) is 10.9. The highest BCUT2D eigenvalue weighted by Gasteiger charge is 2.24. The first-order valence-electron chi connectivity index (χ1n) is 7.14. The molecule has 2 unspecified atom stereocenters. The lowest BCUT2D eigenvalue weighted by atomic mass is 9.84. The third kappa shape index (κ3) is 3.46. The summed E-state index contributed by atoms with van der Waals surface area (Å²) in [5.74, 6) is 0.910. The van der Waals surface area contributed by atoms with Gasteiger partial charge in [0, 0.05) is 12.6 Å². The van der Waals surface area contributed by atoms with E-state index >= 15 is 0 Å². The van der Waals surface area contributed by atoms with Crippen LogP contribution in [0.3, 0.4) is 0 Å². The quantitative estimate of drug-likeness (QED) is 0.794. The summed E-state index contributed by atoms with van der Waals surface area (Å²) >= 11 is 0. The molecular weight excluding hydrogens is 198 g/mol. The molecule has 0 amide bonds. The van der Waals surface area contributed by atoms with Crippen molar-refractivity contribution in [1.29, 1.82) is 0 Å². The van der Waals surface area contributed by atoms with E-state index in [1.165, 1.54) is 44.9 Å². The van der Waals surface area contributed by atoms with E-state index in [1.807, 2.05) is 0 Å². The average molecular weight is 225 g/mol. The number of hydrogen-bond donors (Lipinski definition) is 1. The molecule has 1 saturated heterocycles.